The Bertz CT molecular complexity index is 1670. The molecule has 152 valence electrons. The number of nitriles is 4. The molecule has 0 aliphatic heterocycles. The van der Waals surface area contributed by atoms with Gasteiger partial charge in [-0.2, -0.15) is 21.0 Å². The summed E-state index contributed by atoms with van der Waals surface area (Å²) >= 11 is 2.20. The predicted molar refractivity (Wildman–Crippen MR) is 110 cm³/mol. The fourth-order valence-corrected chi connectivity index (χ4v) is 5.40. The van der Waals surface area contributed by atoms with E-state index in [1.807, 2.05) is 12.1 Å². The molecular weight excluding hydrogens is 460 g/mol. The fourth-order valence-electron chi connectivity index (χ4n) is 3.46. The van der Waals surface area contributed by atoms with Crippen LogP contribution in [0.15, 0.2) is 22.9 Å². The van der Waals surface area contributed by atoms with Crippen molar-refractivity contribution in [3.8, 4) is 24.3 Å². The largest absolute Gasteiger partial charge is 0.203 e. The van der Waals surface area contributed by atoms with Gasteiger partial charge in [0.15, 0.2) is 23.3 Å². The molecule has 0 bridgehead atoms. The van der Waals surface area contributed by atoms with Crippen LogP contribution in [-0.4, -0.2) is 0 Å². The lowest BCUT2D eigenvalue weighted by atomic mass is 9.97. The molecule has 2 heterocycles. The number of benzene rings is 2. The van der Waals surface area contributed by atoms with E-state index in [1.54, 1.807) is 22.9 Å². The van der Waals surface area contributed by atoms with Crippen molar-refractivity contribution < 1.29 is 17.6 Å². The Morgan fingerprint density at radius 3 is 1.66 bits per heavy atom. The van der Waals surface area contributed by atoms with Crippen molar-refractivity contribution in [1.29, 1.82) is 21.0 Å². The van der Waals surface area contributed by atoms with E-state index in [1.165, 1.54) is 6.07 Å². The maximum Gasteiger partial charge on any atom is 0.180 e. The van der Waals surface area contributed by atoms with E-state index in [0.29, 0.717) is 20.0 Å². The number of thiophene rings is 2. The van der Waals surface area contributed by atoms with Gasteiger partial charge in [0.2, 0.25) is 0 Å². The zero-order valence-corrected chi connectivity index (χ0v) is 17.1. The highest BCUT2D eigenvalue weighted by Crippen LogP contribution is 2.30. The first-order chi connectivity index (χ1) is 15.4. The van der Waals surface area contributed by atoms with Gasteiger partial charge in [-0.05, 0) is 22.9 Å². The van der Waals surface area contributed by atoms with Gasteiger partial charge >= 0.3 is 0 Å². The molecule has 4 aromatic rings. The van der Waals surface area contributed by atoms with Crippen molar-refractivity contribution in [2.75, 3.05) is 0 Å². The molecule has 10 heteroatoms. The van der Waals surface area contributed by atoms with Crippen LogP contribution in [0.1, 0.15) is 11.1 Å². The smallest absolute Gasteiger partial charge is 0.180 e. The molecule has 0 fully saturated rings. The summed E-state index contributed by atoms with van der Waals surface area (Å²) in [5.74, 6) is -7.54. The van der Waals surface area contributed by atoms with Crippen LogP contribution in [0.3, 0.4) is 0 Å². The highest BCUT2D eigenvalue weighted by Gasteiger charge is 2.29. The molecule has 0 saturated heterocycles. The SMILES string of the molecule is N#CC(C#N)=c1c2ccsc2/c(=C(/C#N)c2c(F)c(F)c(C#N)c(F)c2F)c2ccsc12. The van der Waals surface area contributed by atoms with Gasteiger partial charge in [0.05, 0.1) is 11.1 Å². The van der Waals surface area contributed by atoms with Gasteiger partial charge in [-0.15, -0.1) is 22.7 Å². The van der Waals surface area contributed by atoms with E-state index in [0.717, 1.165) is 28.7 Å². The third kappa shape index (κ3) is 2.76. The van der Waals surface area contributed by atoms with Crippen LogP contribution >= 0.6 is 22.7 Å². The summed E-state index contributed by atoms with van der Waals surface area (Å²) in [6, 6.07) is 9.45. The van der Waals surface area contributed by atoms with Crippen LogP contribution < -0.4 is 10.4 Å². The molecule has 2 aromatic carbocycles. The molecule has 0 spiro atoms. The lowest BCUT2D eigenvalue weighted by Gasteiger charge is -2.09. The summed E-state index contributed by atoms with van der Waals surface area (Å²) in [5, 5.41) is 41.6. The number of nitrogens with zero attached hydrogens (tertiary/aromatic N) is 4. The van der Waals surface area contributed by atoms with Crippen molar-refractivity contribution >= 4 is 54.0 Å². The van der Waals surface area contributed by atoms with Crippen molar-refractivity contribution in [3.05, 3.63) is 67.7 Å². The number of rotatable bonds is 1. The Hall–Kier alpha value is -4.22. The molecule has 0 atom stereocenters. The van der Waals surface area contributed by atoms with Crippen LogP contribution in [0.4, 0.5) is 17.6 Å². The first-order valence-electron chi connectivity index (χ1n) is 8.52. The van der Waals surface area contributed by atoms with Gasteiger partial charge in [-0.3, -0.25) is 0 Å². The van der Waals surface area contributed by atoms with Crippen molar-refractivity contribution in [2.45, 2.75) is 0 Å². The molecule has 2 aromatic heterocycles. The summed E-state index contributed by atoms with van der Waals surface area (Å²) in [7, 11) is 0. The zero-order valence-electron chi connectivity index (χ0n) is 15.4. The molecule has 0 unspecified atom stereocenters. The Balaban J connectivity index is 2.40. The molecule has 0 N–H and O–H groups in total. The van der Waals surface area contributed by atoms with Gasteiger partial charge in [0.1, 0.15) is 35.4 Å². The second kappa shape index (κ2) is 7.80. The highest BCUT2D eigenvalue weighted by molar-refractivity contribution is 7.18. The van der Waals surface area contributed by atoms with Crippen molar-refractivity contribution in [1.82, 2.24) is 0 Å². The van der Waals surface area contributed by atoms with Gasteiger partial charge in [-0.25, -0.2) is 17.6 Å². The van der Waals surface area contributed by atoms with E-state index in [9.17, 15) is 33.3 Å². The standard InChI is InChI=1S/C22H4F4N4S2/c23-17-13(8-30)18(24)20(26)16(19(17)25)12(7-29)15-11-2-4-31-21(11)14(9(5-27)6-28)10-1-3-32-22(10)15/h1-4H/b15-12-. The lowest BCUT2D eigenvalue weighted by molar-refractivity contribution is 0.447. The fraction of sp³-hybridized carbons (Fsp3) is 0. The number of fused-ring (bicyclic) bond motifs is 2. The highest BCUT2D eigenvalue weighted by atomic mass is 32.1. The summed E-state index contributed by atoms with van der Waals surface area (Å²) in [6.07, 6.45) is 0. The molecular formula is C22H4F4N4S2. The molecule has 0 aliphatic rings. The maximum atomic E-state index is 14.8. The Kier molecular flexibility index (Phi) is 5.12. The van der Waals surface area contributed by atoms with Gasteiger partial charge in [0, 0.05) is 30.6 Å². The van der Waals surface area contributed by atoms with Crippen LogP contribution in [-0.2, 0) is 0 Å². The average molecular weight is 464 g/mol. The van der Waals surface area contributed by atoms with Crippen LogP contribution in [0, 0.1) is 68.6 Å². The molecule has 0 amide bonds. The minimum Gasteiger partial charge on any atom is -0.203 e. The quantitative estimate of drug-likeness (QED) is 0.307. The van der Waals surface area contributed by atoms with Gasteiger partial charge in [-0.1, -0.05) is 0 Å². The molecule has 4 nitrogen and oxygen atoms in total. The topological polar surface area (TPSA) is 95.2 Å². The first kappa shape index (κ1) is 21.0. The van der Waals surface area contributed by atoms with Gasteiger partial charge < -0.3 is 0 Å². The minimum atomic E-state index is -1.90. The lowest BCUT2D eigenvalue weighted by Crippen LogP contribution is -2.18. The van der Waals surface area contributed by atoms with Gasteiger partial charge in [0.25, 0.3) is 0 Å². The summed E-state index contributed by atoms with van der Waals surface area (Å²) in [4.78, 5) is 0. The van der Waals surface area contributed by atoms with E-state index in [4.69, 9.17) is 5.26 Å². The maximum absolute atomic E-state index is 14.8. The zero-order chi connectivity index (χ0) is 23.2. The van der Waals surface area contributed by atoms with Crippen molar-refractivity contribution in [3.63, 3.8) is 0 Å². The average Bonchev–Trinajstić information content (AvgIpc) is 3.46. The second-order valence-electron chi connectivity index (χ2n) is 6.28. The normalized spacial score (nSPS) is 11.5. The van der Waals surface area contributed by atoms with E-state index < -0.39 is 40.0 Å². The van der Waals surface area contributed by atoms with Crippen molar-refractivity contribution in [2.24, 2.45) is 0 Å². The van der Waals surface area contributed by atoms with E-state index in [-0.39, 0.29) is 16.2 Å². The molecule has 32 heavy (non-hydrogen) atoms. The Labute approximate surface area is 184 Å². The summed E-state index contributed by atoms with van der Waals surface area (Å²) in [5.41, 5.74) is -3.54. The third-order valence-electron chi connectivity index (χ3n) is 4.78. The number of hydrogen-bond acceptors (Lipinski definition) is 6. The number of halogens is 4. The first-order valence-corrected chi connectivity index (χ1v) is 10.3. The minimum absolute atomic E-state index is 0.00837. The number of hydrogen-bond donors (Lipinski definition) is 0. The molecule has 4 rings (SSSR count). The monoisotopic (exact) mass is 464 g/mol. The predicted octanol–water partition coefficient (Wildman–Crippen LogP) is 4.46. The molecule has 0 aliphatic carbocycles. The van der Waals surface area contributed by atoms with E-state index in [2.05, 4.69) is 0 Å². The molecule has 0 radical (unpaired) electrons. The third-order valence-corrected chi connectivity index (χ3v) is 6.65. The summed E-state index contributed by atoms with van der Waals surface area (Å²) in [6.45, 7) is 0. The Morgan fingerprint density at radius 1 is 0.688 bits per heavy atom. The summed E-state index contributed by atoms with van der Waals surface area (Å²) < 4.78 is 58.9. The van der Waals surface area contributed by atoms with Crippen LogP contribution in [0.5, 0.6) is 0 Å². The Morgan fingerprint density at radius 2 is 1.19 bits per heavy atom. The van der Waals surface area contributed by atoms with Crippen LogP contribution in [0.2, 0.25) is 0 Å². The van der Waals surface area contributed by atoms with Crippen LogP contribution in [0.25, 0.3) is 31.3 Å². The molecule has 0 saturated carbocycles. The second-order valence-corrected chi connectivity index (χ2v) is 8.11. The van der Waals surface area contributed by atoms with E-state index >= 15 is 0 Å².